The van der Waals surface area contributed by atoms with Crippen molar-refractivity contribution in [1.82, 2.24) is 4.90 Å². The van der Waals surface area contributed by atoms with Crippen molar-refractivity contribution in [2.24, 2.45) is 0 Å². The topological polar surface area (TPSA) is 46.6 Å². The van der Waals surface area contributed by atoms with Gasteiger partial charge in [0.2, 0.25) is 0 Å². The third-order valence-corrected chi connectivity index (χ3v) is 3.50. The van der Waals surface area contributed by atoms with Crippen molar-refractivity contribution in [3.05, 3.63) is 33.8 Å². The summed E-state index contributed by atoms with van der Waals surface area (Å²) < 4.78 is 5.65. The highest BCUT2D eigenvalue weighted by Gasteiger charge is 2.23. The summed E-state index contributed by atoms with van der Waals surface area (Å²) in [4.78, 5) is 25.7. The van der Waals surface area contributed by atoms with Gasteiger partial charge in [0.15, 0.2) is 0 Å². The molecule has 0 N–H and O–H groups in total. The van der Waals surface area contributed by atoms with Crippen LogP contribution >= 0.6 is 15.9 Å². The smallest absolute Gasteiger partial charge is 0.325 e. The first-order valence-electron chi connectivity index (χ1n) is 6.59. The number of aryl methyl sites for hydroxylation is 1. The molecule has 0 heterocycles. The average Bonchev–Trinajstić information content (AvgIpc) is 2.35. The van der Waals surface area contributed by atoms with Crippen molar-refractivity contribution < 1.29 is 14.3 Å². The molecule has 1 aromatic carbocycles. The Hall–Kier alpha value is -1.36. The molecular weight excluding hydrogens is 322 g/mol. The lowest BCUT2D eigenvalue weighted by Crippen LogP contribution is -2.41. The van der Waals surface area contributed by atoms with Crippen LogP contribution in [-0.4, -0.2) is 36.0 Å². The van der Waals surface area contributed by atoms with Crippen molar-refractivity contribution in [2.45, 2.75) is 33.7 Å². The summed E-state index contributed by atoms with van der Waals surface area (Å²) >= 11 is 3.40. The van der Waals surface area contributed by atoms with Crippen molar-refractivity contribution >= 4 is 27.8 Å². The number of carbonyl (C=O) groups excluding carboxylic acids is 2. The maximum absolute atomic E-state index is 12.5. The number of halogens is 1. The zero-order chi connectivity index (χ0) is 15.3. The SMILES string of the molecule is CCOC(=O)CN(C(=O)c1ccc(C)cc1Br)C(C)C. The fourth-order valence-corrected chi connectivity index (χ4v) is 2.45. The maximum Gasteiger partial charge on any atom is 0.325 e. The molecule has 5 heteroatoms. The predicted molar refractivity (Wildman–Crippen MR) is 81.7 cm³/mol. The molecule has 20 heavy (non-hydrogen) atoms. The Morgan fingerprint density at radius 1 is 1.35 bits per heavy atom. The minimum Gasteiger partial charge on any atom is -0.465 e. The number of rotatable bonds is 5. The van der Waals surface area contributed by atoms with Gasteiger partial charge in [-0.2, -0.15) is 0 Å². The molecule has 0 aromatic heterocycles. The Morgan fingerprint density at radius 2 is 2.00 bits per heavy atom. The Morgan fingerprint density at radius 3 is 2.50 bits per heavy atom. The molecule has 0 saturated heterocycles. The van der Waals surface area contributed by atoms with E-state index in [9.17, 15) is 9.59 Å². The third kappa shape index (κ3) is 4.34. The summed E-state index contributed by atoms with van der Waals surface area (Å²) in [6, 6.07) is 5.44. The number of hydrogen-bond donors (Lipinski definition) is 0. The van der Waals surface area contributed by atoms with E-state index < -0.39 is 5.97 Å². The molecule has 0 bridgehead atoms. The van der Waals surface area contributed by atoms with E-state index in [0.717, 1.165) is 10.0 Å². The van der Waals surface area contributed by atoms with Crippen molar-refractivity contribution in [3.63, 3.8) is 0 Å². The van der Waals surface area contributed by atoms with Gasteiger partial charge in [0.05, 0.1) is 12.2 Å². The highest BCUT2D eigenvalue weighted by Crippen LogP contribution is 2.21. The van der Waals surface area contributed by atoms with Crippen molar-refractivity contribution in [1.29, 1.82) is 0 Å². The van der Waals surface area contributed by atoms with Gasteiger partial charge in [-0.1, -0.05) is 6.07 Å². The van der Waals surface area contributed by atoms with Gasteiger partial charge in [-0.15, -0.1) is 0 Å². The van der Waals surface area contributed by atoms with Crippen LogP contribution in [0.2, 0.25) is 0 Å². The van der Waals surface area contributed by atoms with Gasteiger partial charge in [0, 0.05) is 10.5 Å². The van der Waals surface area contributed by atoms with E-state index in [1.807, 2.05) is 32.9 Å². The molecule has 0 aliphatic heterocycles. The predicted octanol–water partition coefficient (Wildman–Crippen LogP) is 3.17. The molecule has 0 radical (unpaired) electrons. The van der Waals surface area contributed by atoms with Gasteiger partial charge in [-0.3, -0.25) is 9.59 Å². The van der Waals surface area contributed by atoms with Crippen LogP contribution in [0.15, 0.2) is 22.7 Å². The first-order chi connectivity index (χ1) is 9.36. The second-order valence-corrected chi connectivity index (χ2v) is 5.67. The van der Waals surface area contributed by atoms with Gasteiger partial charge in [0.25, 0.3) is 5.91 Å². The molecule has 110 valence electrons. The van der Waals surface area contributed by atoms with E-state index in [1.165, 1.54) is 4.90 Å². The lowest BCUT2D eigenvalue weighted by Gasteiger charge is -2.26. The largest absolute Gasteiger partial charge is 0.465 e. The third-order valence-electron chi connectivity index (χ3n) is 2.84. The molecule has 0 saturated carbocycles. The average molecular weight is 342 g/mol. The molecular formula is C15H20BrNO3. The lowest BCUT2D eigenvalue weighted by molar-refractivity contribution is -0.144. The van der Waals surface area contributed by atoms with Gasteiger partial charge in [-0.05, 0) is 61.3 Å². The van der Waals surface area contributed by atoms with Gasteiger partial charge < -0.3 is 9.64 Å². The summed E-state index contributed by atoms with van der Waals surface area (Å²) in [7, 11) is 0. The highest BCUT2D eigenvalue weighted by atomic mass is 79.9. The maximum atomic E-state index is 12.5. The number of benzene rings is 1. The fraction of sp³-hybridized carbons (Fsp3) is 0.467. The van der Waals surface area contributed by atoms with Gasteiger partial charge in [-0.25, -0.2) is 0 Å². The van der Waals surface area contributed by atoms with Crippen LogP contribution in [0.3, 0.4) is 0 Å². The summed E-state index contributed by atoms with van der Waals surface area (Å²) in [5, 5.41) is 0. The van der Waals surface area contributed by atoms with Crippen LogP contribution in [-0.2, 0) is 9.53 Å². The number of nitrogens with zero attached hydrogens (tertiary/aromatic N) is 1. The Kier molecular flexibility index (Phi) is 6.20. The Balaban J connectivity index is 2.96. The summed E-state index contributed by atoms with van der Waals surface area (Å²) in [6.45, 7) is 7.73. The highest BCUT2D eigenvalue weighted by molar-refractivity contribution is 9.10. The van der Waals surface area contributed by atoms with Crippen LogP contribution in [0.25, 0.3) is 0 Å². The van der Waals surface area contributed by atoms with Gasteiger partial charge in [0.1, 0.15) is 6.54 Å². The minimum absolute atomic E-state index is 0.0370. The molecule has 1 aromatic rings. The summed E-state index contributed by atoms with van der Waals surface area (Å²) in [5.74, 6) is -0.572. The molecule has 4 nitrogen and oxygen atoms in total. The van der Waals surface area contributed by atoms with E-state index in [2.05, 4.69) is 15.9 Å². The zero-order valence-corrected chi connectivity index (χ0v) is 13.9. The Labute approximate surface area is 128 Å². The zero-order valence-electron chi connectivity index (χ0n) is 12.3. The van der Waals surface area contributed by atoms with Crippen molar-refractivity contribution in [2.75, 3.05) is 13.2 Å². The molecule has 0 fully saturated rings. The molecule has 0 unspecified atom stereocenters. The molecule has 1 amide bonds. The van der Waals surface area contributed by atoms with Crippen LogP contribution in [0.5, 0.6) is 0 Å². The van der Waals surface area contributed by atoms with Crippen LogP contribution in [0.4, 0.5) is 0 Å². The first kappa shape index (κ1) is 16.7. The van der Waals surface area contributed by atoms with Crippen LogP contribution in [0, 0.1) is 6.92 Å². The van der Waals surface area contributed by atoms with E-state index in [-0.39, 0.29) is 18.5 Å². The van der Waals surface area contributed by atoms with E-state index in [4.69, 9.17) is 4.74 Å². The number of carbonyl (C=O) groups is 2. The lowest BCUT2D eigenvalue weighted by atomic mass is 10.1. The summed E-state index contributed by atoms with van der Waals surface area (Å²) in [6.07, 6.45) is 0. The second-order valence-electron chi connectivity index (χ2n) is 4.82. The Bertz CT molecular complexity index is 500. The number of amides is 1. The molecule has 1 rings (SSSR count). The number of ether oxygens (including phenoxy) is 1. The number of esters is 1. The monoisotopic (exact) mass is 341 g/mol. The molecule has 0 aliphatic carbocycles. The normalized spacial score (nSPS) is 10.5. The minimum atomic E-state index is -0.391. The van der Waals surface area contributed by atoms with Crippen LogP contribution in [0.1, 0.15) is 36.7 Å². The number of hydrogen-bond acceptors (Lipinski definition) is 3. The van der Waals surface area contributed by atoms with Crippen molar-refractivity contribution in [3.8, 4) is 0 Å². The van der Waals surface area contributed by atoms with Gasteiger partial charge >= 0.3 is 5.97 Å². The standard InChI is InChI=1S/C15H20BrNO3/c1-5-20-14(18)9-17(10(2)3)15(19)12-7-6-11(4)8-13(12)16/h6-8,10H,5,9H2,1-4H3. The quantitative estimate of drug-likeness (QED) is 0.772. The molecule has 0 spiro atoms. The van der Waals surface area contributed by atoms with Crippen LogP contribution < -0.4 is 0 Å². The van der Waals surface area contributed by atoms with E-state index >= 15 is 0 Å². The molecule has 0 atom stereocenters. The first-order valence-corrected chi connectivity index (χ1v) is 7.38. The fourth-order valence-electron chi connectivity index (χ4n) is 1.78. The van der Waals surface area contributed by atoms with E-state index in [1.54, 1.807) is 13.0 Å². The second kappa shape index (κ2) is 7.43. The summed E-state index contributed by atoms with van der Waals surface area (Å²) in [5.41, 5.74) is 1.61. The van der Waals surface area contributed by atoms with E-state index in [0.29, 0.717) is 12.2 Å². The molecule has 0 aliphatic rings.